The van der Waals surface area contributed by atoms with Gasteiger partial charge in [0, 0.05) is 51.5 Å². The Bertz CT molecular complexity index is 2740. The molecule has 2 saturated heterocycles. The second-order valence-corrected chi connectivity index (χ2v) is 24.2. The van der Waals surface area contributed by atoms with E-state index in [1.807, 2.05) is 97.9 Å². The summed E-state index contributed by atoms with van der Waals surface area (Å²) in [6.07, 6.45) is -1.64. The molecule has 2 unspecified atom stereocenters. The number of nitrogens with one attached hydrogen (secondary N) is 4. The molecule has 0 spiro atoms. The number of aromatic nitrogens is 2. The van der Waals surface area contributed by atoms with Crippen molar-refractivity contribution in [2.45, 2.75) is 125 Å². The minimum atomic E-state index is -0.988. The van der Waals surface area contributed by atoms with Crippen LogP contribution in [0.3, 0.4) is 0 Å². The molecule has 0 saturated carbocycles. The largest absolute Gasteiger partial charge is 0.491 e. The summed E-state index contributed by atoms with van der Waals surface area (Å²) in [5.41, 5.74) is 7.57. The quantitative estimate of drug-likeness (QED) is 0.0403. The number of benzene rings is 2. The summed E-state index contributed by atoms with van der Waals surface area (Å²) in [6.45, 7) is 18.8. The summed E-state index contributed by atoms with van der Waals surface area (Å²) in [4.78, 5) is 93.2. The molecule has 0 aliphatic carbocycles. The number of aliphatic hydroxyl groups excluding tert-OH is 2. The molecule has 450 valence electrons. The molecule has 4 aromatic rings. The minimum Gasteiger partial charge on any atom is -0.491 e. The fraction of sp³-hybridized carbons (Fsp3) is 0.586. The van der Waals surface area contributed by atoms with Crippen LogP contribution in [-0.2, 0) is 65.5 Å². The Balaban J connectivity index is 0.823. The monoisotopic (exact) mass is 1180 g/mol. The predicted octanol–water partition coefficient (Wildman–Crippen LogP) is 3.95. The number of aliphatic hydroxyl groups is 2. The fourth-order valence-corrected chi connectivity index (χ4v) is 11.0. The van der Waals surface area contributed by atoms with Crippen molar-refractivity contribution in [1.82, 2.24) is 41.0 Å². The van der Waals surface area contributed by atoms with Crippen molar-refractivity contribution in [3.05, 3.63) is 76.0 Å². The van der Waals surface area contributed by atoms with E-state index in [1.165, 1.54) is 28.1 Å². The van der Waals surface area contributed by atoms with Crippen molar-refractivity contribution in [3.8, 4) is 26.6 Å². The van der Waals surface area contributed by atoms with Crippen LogP contribution in [0, 0.1) is 24.7 Å². The Morgan fingerprint density at radius 3 is 1.51 bits per heavy atom. The molecule has 2 aromatic carbocycles. The molecule has 6 rings (SSSR count). The maximum absolute atomic E-state index is 14.0. The molecule has 0 bridgehead atoms. The van der Waals surface area contributed by atoms with Gasteiger partial charge in [-0.1, -0.05) is 77.9 Å². The number of likely N-dealkylation sites (tertiary alicyclic amines) is 2. The van der Waals surface area contributed by atoms with Gasteiger partial charge in [0.1, 0.15) is 43.1 Å². The van der Waals surface area contributed by atoms with Gasteiger partial charge >= 0.3 is 0 Å². The third kappa shape index (κ3) is 19.3. The van der Waals surface area contributed by atoms with Crippen LogP contribution in [0.15, 0.2) is 53.5 Å². The summed E-state index contributed by atoms with van der Waals surface area (Å²) in [5, 5.41) is 32.5. The highest BCUT2D eigenvalue weighted by molar-refractivity contribution is 7.13. The van der Waals surface area contributed by atoms with Gasteiger partial charge < -0.3 is 69.7 Å². The zero-order valence-corrected chi connectivity index (χ0v) is 50.2. The maximum atomic E-state index is 14.0. The van der Waals surface area contributed by atoms with E-state index in [2.05, 4.69) is 31.2 Å². The summed E-state index contributed by atoms with van der Waals surface area (Å²) >= 11 is 3.07. The van der Waals surface area contributed by atoms with Crippen molar-refractivity contribution < 1.29 is 67.4 Å². The number of hydrogen-bond donors (Lipinski definition) is 6. The number of β-amino-alcohol motifs (C(OH)–C–C–N with tert-alkyl or cyclic N) is 2. The molecule has 2 aromatic heterocycles. The molecule has 6 N–H and O–H groups in total. The number of thiazole rings is 2. The fourth-order valence-electron chi connectivity index (χ4n) is 9.42. The molecule has 6 atom stereocenters. The first kappa shape index (κ1) is 65.2. The van der Waals surface area contributed by atoms with Gasteiger partial charge in [0.25, 0.3) is 0 Å². The maximum Gasteiger partial charge on any atom is 0.246 e. The van der Waals surface area contributed by atoms with Gasteiger partial charge in [0.15, 0.2) is 0 Å². The van der Waals surface area contributed by atoms with E-state index >= 15 is 0 Å². The third-order valence-electron chi connectivity index (χ3n) is 13.8. The number of aryl methyl sites for hydroxylation is 2. The van der Waals surface area contributed by atoms with Gasteiger partial charge in [-0.3, -0.25) is 28.8 Å². The molecular weight excluding hydrogens is 1100 g/mol. The molecule has 2 aliphatic heterocycles. The highest BCUT2D eigenvalue weighted by Gasteiger charge is 2.46. The van der Waals surface area contributed by atoms with Crippen molar-refractivity contribution >= 4 is 58.1 Å². The third-order valence-corrected chi connectivity index (χ3v) is 15.7. The number of ether oxygens (including phenoxy) is 6. The van der Waals surface area contributed by atoms with Crippen LogP contribution in [0.1, 0.15) is 83.8 Å². The number of nitrogens with zero attached hydrogens (tertiary/aromatic N) is 4. The Kier molecular flexibility index (Phi) is 24.7. The first-order chi connectivity index (χ1) is 39.0. The molecule has 2 aliphatic rings. The second kappa shape index (κ2) is 31.1. The highest BCUT2D eigenvalue weighted by Crippen LogP contribution is 2.33. The SMILES string of the molecule is CC(=O)NC(C(=O)N1C[C@H](O)C[C@H]1C(=O)NCc1ccc(-c2scnc2C)cc1OCCOCCOCCOCCOCCOCC(=O)NC(C(=O)N1C[C@H](O)C[C@H]1C(=O)NCc1ccc(-c2scnc2C)cc1)C(C)(C)C)C(C)(C)C. The van der Waals surface area contributed by atoms with Gasteiger partial charge in [-0.2, -0.15) is 0 Å². The molecule has 0 radical (unpaired) electrons. The summed E-state index contributed by atoms with van der Waals surface area (Å²) in [5.74, 6) is -2.05. The number of rotatable bonds is 30. The minimum absolute atomic E-state index is 0.0257. The van der Waals surface area contributed by atoms with Crippen molar-refractivity contribution in [3.63, 3.8) is 0 Å². The van der Waals surface area contributed by atoms with E-state index in [0.29, 0.717) is 51.0 Å². The van der Waals surface area contributed by atoms with Crippen LogP contribution in [0.25, 0.3) is 20.9 Å². The zero-order chi connectivity index (χ0) is 59.6. The van der Waals surface area contributed by atoms with E-state index in [0.717, 1.165) is 37.8 Å². The van der Waals surface area contributed by atoms with E-state index in [9.17, 15) is 39.0 Å². The molecule has 22 nitrogen and oxygen atoms in total. The smallest absolute Gasteiger partial charge is 0.246 e. The van der Waals surface area contributed by atoms with Gasteiger partial charge in [-0.25, -0.2) is 9.97 Å². The number of hydrogen-bond acceptors (Lipinski definition) is 18. The number of amides is 6. The topological polar surface area (TPSA) is 279 Å². The molecule has 6 amide bonds. The van der Waals surface area contributed by atoms with E-state index in [1.54, 1.807) is 22.4 Å². The molecule has 4 heterocycles. The van der Waals surface area contributed by atoms with Crippen molar-refractivity contribution in [2.24, 2.45) is 10.8 Å². The standard InChI is InChI=1S/C58H82N8O14S2/c1-36-49(81-34-61-36)40-12-10-39(11-13-40)29-59-53(71)45-27-43(68)32-66(45)56(74)52(58(7,8)9)64-48(70)33-79-23-22-77-19-18-75-16-17-76-20-21-78-24-25-80-47-26-41(50-37(2)62-35-82-50)14-15-42(47)30-60-54(72)46-28-44(69)31-65(46)55(73)51(57(4,5)6)63-38(3)67/h10-15,26,34-35,43-46,51-52,68-69H,16-25,27-33H2,1-9H3,(H,59,71)(H,60,72)(H,63,67)(H,64,70)/t43-,44-,45+,46+,51?,52?/m1/s1. The predicted molar refractivity (Wildman–Crippen MR) is 309 cm³/mol. The lowest BCUT2D eigenvalue weighted by Crippen LogP contribution is -2.58. The van der Waals surface area contributed by atoms with Crippen LogP contribution in [0.5, 0.6) is 5.75 Å². The Hall–Kier alpha value is -5.96. The van der Waals surface area contributed by atoms with Crippen LogP contribution in [0.4, 0.5) is 0 Å². The summed E-state index contributed by atoms with van der Waals surface area (Å²) in [6, 6.07) is 9.83. The lowest BCUT2D eigenvalue weighted by molar-refractivity contribution is -0.144. The summed E-state index contributed by atoms with van der Waals surface area (Å²) < 4.78 is 34.3. The Labute approximate surface area is 488 Å². The molecular formula is C58H82N8O14S2. The van der Waals surface area contributed by atoms with Crippen molar-refractivity contribution in [1.29, 1.82) is 0 Å². The van der Waals surface area contributed by atoms with Crippen LogP contribution in [0.2, 0.25) is 0 Å². The lowest BCUT2D eigenvalue weighted by atomic mass is 9.85. The van der Waals surface area contributed by atoms with Crippen molar-refractivity contribution in [2.75, 3.05) is 85.8 Å². The average Bonchev–Trinajstić information content (AvgIpc) is 4.31. The average molecular weight is 1180 g/mol. The first-order valence-corrected chi connectivity index (χ1v) is 29.4. The lowest BCUT2D eigenvalue weighted by Gasteiger charge is -2.35. The highest BCUT2D eigenvalue weighted by atomic mass is 32.1. The van der Waals surface area contributed by atoms with E-state index < -0.39 is 70.8 Å². The number of carbonyl (C=O) groups excluding carboxylic acids is 6. The Morgan fingerprint density at radius 1 is 0.610 bits per heavy atom. The Morgan fingerprint density at radius 2 is 1.05 bits per heavy atom. The molecule has 82 heavy (non-hydrogen) atoms. The van der Waals surface area contributed by atoms with Gasteiger partial charge in [0.2, 0.25) is 35.4 Å². The first-order valence-electron chi connectivity index (χ1n) is 27.6. The van der Waals surface area contributed by atoms with Crippen LogP contribution in [-0.4, -0.2) is 188 Å². The molecule has 24 heteroatoms. The zero-order valence-electron chi connectivity index (χ0n) is 48.6. The molecule has 2 fully saturated rings. The van der Waals surface area contributed by atoms with Crippen LogP contribution < -0.4 is 26.0 Å². The van der Waals surface area contributed by atoms with Gasteiger partial charge in [-0.15, -0.1) is 22.7 Å². The van der Waals surface area contributed by atoms with E-state index in [4.69, 9.17) is 28.4 Å². The number of carbonyl (C=O) groups is 6. The second-order valence-electron chi connectivity index (χ2n) is 22.5. The normalized spacial score (nSPS) is 18.0. The van der Waals surface area contributed by atoms with E-state index in [-0.39, 0.29) is 83.9 Å². The van der Waals surface area contributed by atoms with Gasteiger partial charge in [0.05, 0.1) is 104 Å². The van der Waals surface area contributed by atoms with Crippen LogP contribution >= 0.6 is 22.7 Å². The summed E-state index contributed by atoms with van der Waals surface area (Å²) in [7, 11) is 0. The van der Waals surface area contributed by atoms with Gasteiger partial charge in [-0.05, 0) is 47.4 Å².